The van der Waals surface area contributed by atoms with E-state index < -0.39 is 0 Å². The number of carbonyl (C=O) groups excluding carboxylic acids is 1. The number of aromatic nitrogens is 5. The third-order valence-electron chi connectivity index (χ3n) is 5.11. The van der Waals surface area contributed by atoms with Gasteiger partial charge in [0, 0.05) is 17.1 Å². The molecule has 0 saturated carbocycles. The Bertz CT molecular complexity index is 1440. The van der Waals surface area contributed by atoms with Gasteiger partial charge in [0.05, 0.1) is 34.8 Å². The minimum absolute atomic E-state index is 0.248. The Morgan fingerprint density at radius 3 is 2.56 bits per heavy atom. The van der Waals surface area contributed by atoms with Crippen LogP contribution in [0.25, 0.3) is 27.8 Å². The lowest BCUT2D eigenvalue weighted by Crippen LogP contribution is -2.13. The number of hydrogen-bond donors (Lipinski definition) is 1. The van der Waals surface area contributed by atoms with E-state index in [9.17, 15) is 4.79 Å². The van der Waals surface area contributed by atoms with Gasteiger partial charge in [-0.05, 0) is 53.9 Å². The Labute approximate surface area is 188 Å². The van der Waals surface area contributed by atoms with Crippen molar-refractivity contribution in [2.45, 2.75) is 6.92 Å². The van der Waals surface area contributed by atoms with Gasteiger partial charge in [-0.1, -0.05) is 35.9 Å². The second-order valence-electron chi connectivity index (χ2n) is 7.21. The van der Waals surface area contributed by atoms with Crippen LogP contribution in [-0.2, 0) is 0 Å². The van der Waals surface area contributed by atoms with E-state index in [0.717, 1.165) is 27.6 Å². The standard InChI is InChI=1S/C24H17ClN6O/c1-15-12-16(7-8-18(15)19-4-2-6-22-20(19)5-3-9-26-22)24(32)30-17-13-21(25)23(27-14-17)31-28-10-11-29-31/h2-14H,1H3,(H,30,32). The van der Waals surface area contributed by atoms with Crippen molar-refractivity contribution in [2.75, 3.05) is 5.32 Å². The van der Waals surface area contributed by atoms with Crippen molar-refractivity contribution in [3.63, 3.8) is 0 Å². The van der Waals surface area contributed by atoms with Crippen LogP contribution < -0.4 is 5.32 Å². The Morgan fingerprint density at radius 2 is 1.78 bits per heavy atom. The Morgan fingerprint density at radius 1 is 0.938 bits per heavy atom. The first-order chi connectivity index (χ1) is 15.6. The lowest BCUT2D eigenvalue weighted by molar-refractivity contribution is 0.102. The molecule has 0 atom stereocenters. The third-order valence-corrected chi connectivity index (χ3v) is 5.39. The van der Waals surface area contributed by atoms with Crippen molar-refractivity contribution in [3.05, 3.63) is 95.5 Å². The highest BCUT2D eigenvalue weighted by Gasteiger charge is 2.13. The second kappa shape index (κ2) is 8.20. The summed E-state index contributed by atoms with van der Waals surface area (Å²) in [6, 6.07) is 17.3. The van der Waals surface area contributed by atoms with Gasteiger partial charge in [-0.3, -0.25) is 9.78 Å². The first kappa shape index (κ1) is 19.8. The smallest absolute Gasteiger partial charge is 0.255 e. The first-order valence-corrected chi connectivity index (χ1v) is 10.3. The summed E-state index contributed by atoms with van der Waals surface area (Å²) in [6.07, 6.45) is 6.38. The third kappa shape index (κ3) is 3.70. The van der Waals surface area contributed by atoms with Crippen molar-refractivity contribution >= 4 is 34.1 Å². The van der Waals surface area contributed by atoms with Crippen molar-refractivity contribution in [2.24, 2.45) is 0 Å². The van der Waals surface area contributed by atoms with Gasteiger partial charge < -0.3 is 5.32 Å². The van der Waals surface area contributed by atoms with E-state index in [1.54, 1.807) is 12.3 Å². The topological polar surface area (TPSA) is 85.6 Å². The van der Waals surface area contributed by atoms with E-state index >= 15 is 0 Å². The fraction of sp³-hybridized carbons (Fsp3) is 0.0417. The fourth-order valence-corrected chi connectivity index (χ4v) is 3.86. The maximum Gasteiger partial charge on any atom is 0.255 e. The predicted molar refractivity (Wildman–Crippen MR) is 124 cm³/mol. The Hall–Kier alpha value is -4.10. The average molecular weight is 441 g/mol. The predicted octanol–water partition coefficient (Wildman–Crippen LogP) is 5.09. The summed E-state index contributed by atoms with van der Waals surface area (Å²) in [5, 5.41) is 12.3. The van der Waals surface area contributed by atoms with Gasteiger partial charge in [0.15, 0.2) is 5.82 Å². The van der Waals surface area contributed by atoms with E-state index in [1.807, 2.05) is 43.3 Å². The van der Waals surface area contributed by atoms with Crippen LogP contribution in [0.1, 0.15) is 15.9 Å². The molecule has 0 aliphatic heterocycles. The number of nitrogens with zero attached hydrogens (tertiary/aromatic N) is 5. The number of hydrogen-bond acceptors (Lipinski definition) is 5. The van der Waals surface area contributed by atoms with E-state index in [2.05, 4.69) is 37.6 Å². The summed E-state index contributed by atoms with van der Waals surface area (Å²) in [7, 11) is 0. The molecule has 3 heterocycles. The number of pyridine rings is 2. The van der Waals surface area contributed by atoms with Crippen molar-refractivity contribution in [3.8, 4) is 16.9 Å². The number of benzene rings is 2. The molecule has 7 nitrogen and oxygen atoms in total. The molecular formula is C24H17ClN6O. The molecule has 156 valence electrons. The van der Waals surface area contributed by atoms with E-state index in [4.69, 9.17) is 11.6 Å². The number of fused-ring (bicyclic) bond motifs is 1. The molecular weight excluding hydrogens is 424 g/mol. The summed E-state index contributed by atoms with van der Waals surface area (Å²) in [6.45, 7) is 1.99. The molecule has 1 N–H and O–H groups in total. The lowest BCUT2D eigenvalue weighted by Gasteiger charge is -2.12. The van der Waals surface area contributed by atoms with Gasteiger partial charge in [0.25, 0.3) is 5.91 Å². The van der Waals surface area contributed by atoms with Crippen LogP contribution in [-0.4, -0.2) is 30.9 Å². The van der Waals surface area contributed by atoms with Crippen LogP contribution in [0.15, 0.2) is 79.4 Å². The zero-order valence-corrected chi connectivity index (χ0v) is 17.8. The van der Waals surface area contributed by atoms with Crippen LogP contribution in [0, 0.1) is 6.92 Å². The van der Waals surface area contributed by atoms with Crippen LogP contribution in [0.5, 0.6) is 0 Å². The normalized spacial score (nSPS) is 10.9. The van der Waals surface area contributed by atoms with Crippen LogP contribution in [0.3, 0.4) is 0 Å². The first-order valence-electron chi connectivity index (χ1n) is 9.88. The molecule has 32 heavy (non-hydrogen) atoms. The van der Waals surface area contributed by atoms with Gasteiger partial charge in [0.1, 0.15) is 0 Å². The van der Waals surface area contributed by atoms with E-state index in [1.165, 1.54) is 23.4 Å². The van der Waals surface area contributed by atoms with Crippen LogP contribution in [0.2, 0.25) is 5.02 Å². The van der Waals surface area contributed by atoms with E-state index in [0.29, 0.717) is 22.1 Å². The number of halogens is 1. The summed E-state index contributed by atoms with van der Waals surface area (Å²) in [5.74, 6) is 0.140. The lowest BCUT2D eigenvalue weighted by atomic mass is 9.95. The number of carbonyl (C=O) groups is 1. The van der Waals surface area contributed by atoms with Crippen LogP contribution in [0.4, 0.5) is 5.69 Å². The minimum atomic E-state index is -0.248. The van der Waals surface area contributed by atoms with Crippen molar-refractivity contribution < 1.29 is 4.79 Å². The van der Waals surface area contributed by atoms with Gasteiger partial charge in [-0.25, -0.2) is 4.98 Å². The van der Waals surface area contributed by atoms with Crippen LogP contribution >= 0.6 is 11.6 Å². The number of anilines is 1. The molecule has 1 amide bonds. The quantitative estimate of drug-likeness (QED) is 0.420. The summed E-state index contributed by atoms with van der Waals surface area (Å²) >= 11 is 6.29. The molecule has 5 rings (SSSR count). The van der Waals surface area contributed by atoms with Gasteiger partial charge >= 0.3 is 0 Å². The number of rotatable bonds is 4. The maximum absolute atomic E-state index is 12.8. The highest BCUT2D eigenvalue weighted by atomic mass is 35.5. The summed E-state index contributed by atoms with van der Waals surface area (Å²) in [5.41, 5.74) is 5.09. The van der Waals surface area contributed by atoms with Gasteiger partial charge in [-0.15, -0.1) is 4.80 Å². The molecule has 0 aliphatic rings. The maximum atomic E-state index is 12.8. The fourth-order valence-electron chi connectivity index (χ4n) is 3.62. The SMILES string of the molecule is Cc1cc(C(=O)Nc2cnc(-n3nccn3)c(Cl)c2)ccc1-c1cccc2ncccc12. The zero-order valence-electron chi connectivity index (χ0n) is 17.0. The summed E-state index contributed by atoms with van der Waals surface area (Å²) in [4.78, 5) is 22.8. The molecule has 5 aromatic rings. The zero-order chi connectivity index (χ0) is 22.1. The molecule has 0 unspecified atom stereocenters. The van der Waals surface area contributed by atoms with Crippen molar-refractivity contribution in [1.82, 2.24) is 25.0 Å². The monoisotopic (exact) mass is 440 g/mol. The molecule has 0 spiro atoms. The largest absolute Gasteiger partial charge is 0.321 e. The molecule has 0 radical (unpaired) electrons. The van der Waals surface area contributed by atoms with Gasteiger partial charge in [-0.2, -0.15) is 10.2 Å². The molecule has 3 aromatic heterocycles. The second-order valence-corrected chi connectivity index (χ2v) is 7.61. The highest BCUT2D eigenvalue weighted by molar-refractivity contribution is 6.32. The van der Waals surface area contributed by atoms with Gasteiger partial charge in [0.2, 0.25) is 0 Å². The van der Waals surface area contributed by atoms with E-state index in [-0.39, 0.29) is 5.91 Å². The molecule has 2 aromatic carbocycles. The number of amides is 1. The Balaban J connectivity index is 1.41. The molecule has 0 bridgehead atoms. The number of aryl methyl sites for hydroxylation is 1. The minimum Gasteiger partial charge on any atom is -0.321 e. The average Bonchev–Trinajstić information content (AvgIpc) is 3.33. The van der Waals surface area contributed by atoms with Crippen molar-refractivity contribution in [1.29, 1.82) is 0 Å². The highest BCUT2D eigenvalue weighted by Crippen LogP contribution is 2.31. The Kier molecular flexibility index (Phi) is 5.09. The summed E-state index contributed by atoms with van der Waals surface area (Å²) < 4.78 is 0. The molecule has 0 aliphatic carbocycles. The number of nitrogens with one attached hydrogen (secondary N) is 1. The molecule has 0 fully saturated rings. The molecule has 8 heteroatoms. The molecule has 0 saturated heterocycles.